The normalized spacial score (nSPS) is 11.9. The molecule has 3 aromatic rings. The van der Waals surface area contributed by atoms with Gasteiger partial charge in [0.2, 0.25) is 0 Å². The van der Waals surface area contributed by atoms with Gasteiger partial charge in [0.25, 0.3) is 5.91 Å². The zero-order chi connectivity index (χ0) is 18.7. The highest BCUT2D eigenvalue weighted by Gasteiger charge is 2.11. The first kappa shape index (κ1) is 18.7. The number of thiazole rings is 1. The summed E-state index contributed by atoms with van der Waals surface area (Å²) in [4.78, 5) is 17.9. The van der Waals surface area contributed by atoms with E-state index in [0.717, 1.165) is 27.3 Å². The molecule has 0 aliphatic heterocycles. The van der Waals surface area contributed by atoms with Gasteiger partial charge in [0.15, 0.2) is 4.80 Å². The van der Waals surface area contributed by atoms with Crippen molar-refractivity contribution in [2.24, 2.45) is 4.99 Å². The highest BCUT2D eigenvalue weighted by Crippen LogP contribution is 2.22. The average Bonchev–Trinajstić information content (AvgIpc) is 2.96. The van der Waals surface area contributed by atoms with Crippen molar-refractivity contribution in [1.29, 1.82) is 0 Å². The zero-order valence-electron chi connectivity index (χ0n) is 15.4. The molecule has 0 saturated carbocycles. The van der Waals surface area contributed by atoms with Gasteiger partial charge in [-0.05, 0) is 61.6 Å². The van der Waals surface area contributed by atoms with Gasteiger partial charge in [-0.1, -0.05) is 17.4 Å². The maximum atomic E-state index is 12.7. The average molecular weight is 387 g/mol. The van der Waals surface area contributed by atoms with Crippen LogP contribution in [0.4, 0.5) is 0 Å². The minimum Gasteiger partial charge on any atom is -0.497 e. The second kappa shape index (κ2) is 8.10. The van der Waals surface area contributed by atoms with E-state index in [9.17, 15) is 4.79 Å². The van der Waals surface area contributed by atoms with E-state index in [1.54, 1.807) is 48.4 Å². The Hall–Kier alpha value is -2.05. The van der Waals surface area contributed by atoms with Crippen molar-refractivity contribution in [3.05, 3.63) is 57.9 Å². The molecule has 1 heterocycles. The summed E-state index contributed by atoms with van der Waals surface area (Å²) < 4.78 is 8.52. The van der Waals surface area contributed by atoms with Crippen LogP contribution in [0.1, 0.15) is 21.5 Å². The lowest BCUT2D eigenvalue weighted by atomic mass is 10.1. The lowest BCUT2D eigenvalue weighted by Crippen LogP contribution is -2.18. The number of ether oxygens (including phenoxy) is 1. The number of aromatic nitrogens is 1. The number of fused-ring (bicyclic) bond motifs is 1. The summed E-state index contributed by atoms with van der Waals surface area (Å²) in [5.41, 5.74) is 4.18. The molecule has 4 nitrogen and oxygen atoms in total. The molecule has 0 unspecified atom stereocenters. The molecule has 0 atom stereocenters. The molecule has 0 spiro atoms. The Balaban J connectivity index is 2.12. The second-order valence-corrected chi connectivity index (χ2v) is 8.08. The molecule has 136 valence electrons. The molecule has 0 radical (unpaired) electrons. The lowest BCUT2D eigenvalue weighted by molar-refractivity contribution is 0.0997. The molecule has 0 fully saturated rings. The van der Waals surface area contributed by atoms with Gasteiger partial charge in [0, 0.05) is 17.9 Å². The summed E-state index contributed by atoms with van der Waals surface area (Å²) in [5.74, 6) is 1.38. The number of benzene rings is 2. The van der Waals surface area contributed by atoms with Crippen molar-refractivity contribution in [3.8, 4) is 5.75 Å². The largest absolute Gasteiger partial charge is 0.497 e. The van der Waals surface area contributed by atoms with Crippen LogP contribution in [0.25, 0.3) is 10.2 Å². The first-order valence-corrected chi connectivity index (χ1v) is 10.6. The number of amides is 1. The fourth-order valence-corrected chi connectivity index (χ4v) is 4.21. The highest BCUT2D eigenvalue weighted by molar-refractivity contribution is 7.98. The van der Waals surface area contributed by atoms with Gasteiger partial charge in [-0.15, -0.1) is 0 Å². The molecular weight excluding hydrogens is 364 g/mol. The first-order chi connectivity index (χ1) is 12.5. The maximum Gasteiger partial charge on any atom is 0.279 e. The predicted molar refractivity (Wildman–Crippen MR) is 111 cm³/mol. The van der Waals surface area contributed by atoms with Crippen molar-refractivity contribution in [3.63, 3.8) is 0 Å². The van der Waals surface area contributed by atoms with E-state index in [1.165, 1.54) is 11.1 Å². The standard InChI is InChI=1S/C20H22N2O2S2/c1-13-10-17-18(11-14(13)2)26-20(22(17)8-9-25-4)21-19(23)15-6-5-7-16(12-15)24-3/h5-7,10-12H,8-9H2,1-4H3. The van der Waals surface area contributed by atoms with Crippen LogP contribution in [-0.2, 0) is 6.54 Å². The van der Waals surface area contributed by atoms with Crippen molar-refractivity contribution in [2.45, 2.75) is 20.4 Å². The van der Waals surface area contributed by atoms with Crippen molar-refractivity contribution >= 4 is 39.2 Å². The van der Waals surface area contributed by atoms with Gasteiger partial charge in [-0.25, -0.2) is 0 Å². The van der Waals surface area contributed by atoms with Gasteiger partial charge < -0.3 is 9.30 Å². The Labute approximate surface area is 161 Å². The van der Waals surface area contributed by atoms with Crippen LogP contribution < -0.4 is 9.54 Å². The van der Waals surface area contributed by atoms with Gasteiger partial charge >= 0.3 is 0 Å². The fraction of sp³-hybridized carbons (Fsp3) is 0.300. The number of thioether (sulfide) groups is 1. The van der Waals surface area contributed by atoms with Crippen LogP contribution in [0, 0.1) is 13.8 Å². The molecular formula is C20H22N2O2S2. The minimum atomic E-state index is -0.248. The SMILES string of the molecule is COc1cccc(C(=O)N=c2sc3cc(C)c(C)cc3n2CCSC)c1. The monoisotopic (exact) mass is 386 g/mol. The topological polar surface area (TPSA) is 43.6 Å². The summed E-state index contributed by atoms with van der Waals surface area (Å²) in [6.45, 7) is 5.05. The number of carbonyl (C=O) groups is 1. The van der Waals surface area contributed by atoms with E-state index in [4.69, 9.17) is 4.74 Å². The molecule has 0 N–H and O–H groups in total. The molecule has 26 heavy (non-hydrogen) atoms. The smallest absolute Gasteiger partial charge is 0.279 e. The molecule has 6 heteroatoms. The number of aryl methyl sites for hydroxylation is 3. The summed E-state index contributed by atoms with van der Waals surface area (Å²) >= 11 is 3.35. The number of hydrogen-bond donors (Lipinski definition) is 0. The Bertz CT molecular complexity index is 1020. The van der Waals surface area contributed by atoms with Gasteiger partial charge in [0.1, 0.15) is 5.75 Å². The highest BCUT2D eigenvalue weighted by atomic mass is 32.2. The predicted octanol–water partition coefficient (Wildman–Crippen LogP) is 4.43. The van der Waals surface area contributed by atoms with Crippen LogP contribution in [0.2, 0.25) is 0 Å². The number of methoxy groups -OCH3 is 1. The molecule has 0 aliphatic carbocycles. The van der Waals surface area contributed by atoms with Gasteiger partial charge in [-0.3, -0.25) is 4.79 Å². The number of rotatable bonds is 5. The number of hydrogen-bond acceptors (Lipinski definition) is 4. The van der Waals surface area contributed by atoms with Crippen molar-refractivity contribution in [1.82, 2.24) is 4.57 Å². The van der Waals surface area contributed by atoms with E-state index >= 15 is 0 Å². The molecule has 0 saturated heterocycles. The third-order valence-corrected chi connectivity index (χ3v) is 5.96. The third-order valence-electron chi connectivity index (χ3n) is 4.33. The first-order valence-electron chi connectivity index (χ1n) is 8.36. The van der Waals surface area contributed by atoms with E-state index < -0.39 is 0 Å². The van der Waals surface area contributed by atoms with Crippen LogP contribution in [-0.4, -0.2) is 29.6 Å². The van der Waals surface area contributed by atoms with Crippen LogP contribution >= 0.6 is 23.1 Å². The van der Waals surface area contributed by atoms with Crippen LogP contribution in [0.3, 0.4) is 0 Å². The fourth-order valence-electron chi connectivity index (χ4n) is 2.71. The van der Waals surface area contributed by atoms with Crippen molar-refractivity contribution in [2.75, 3.05) is 19.1 Å². The Morgan fingerprint density at radius 1 is 1.23 bits per heavy atom. The van der Waals surface area contributed by atoms with Crippen molar-refractivity contribution < 1.29 is 9.53 Å². The van der Waals surface area contributed by atoms with Crippen LogP contribution in [0.5, 0.6) is 5.75 Å². The quantitative estimate of drug-likeness (QED) is 0.651. The van der Waals surface area contributed by atoms with E-state index in [1.807, 2.05) is 6.07 Å². The Kier molecular flexibility index (Phi) is 5.84. The summed E-state index contributed by atoms with van der Waals surface area (Å²) in [6, 6.07) is 11.5. The maximum absolute atomic E-state index is 12.7. The lowest BCUT2D eigenvalue weighted by Gasteiger charge is -2.06. The minimum absolute atomic E-state index is 0.248. The molecule has 3 rings (SSSR count). The van der Waals surface area contributed by atoms with E-state index in [2.05, 4.69) is 41.8 Å². The molecule has 2 aromatic carbocycles. The summed E-state index contributed by atoms with van der Waals surface area (Å²) in [7, 11) is 1.59. The number of nitrogens with zero attached hydrogens (tertiary/aromatic N) is 2. The Morgan fingerprint density at radius 2 is 2.00 bits per heavy atom. The third kappa shape index (κ3) is 3.86. The van der Waals surface area contributed by atoms with Crippen LogP contribution in [0.15, 0.2) is 41.4 Å². The van der Waals surface area contributed by atoms with E-state index in [0.29, 0.717) is 11.3 Å². The summed E-state index contributed by atoms with van der Waals surface area (Å²) in [6.07, 6.45) is 2.09. The zero-order valence-corrected chi connectivity index (χ0v) is 17.0. The second-order valence-electron chi connectivity index (χ2n) is 6.08. The molecule has 1 amide bonds. The van der Waals surface area contributed by atoms with Gasteiger partial charge in [0.05, 0.1) is 17.3 Å². The summed E-state index contributed by atoms with van der Waals surface area (Å²) in [5, 5.41) is 0. The Morgan fingerprint density at radius 3 is 2.73 bits per heavy atom. The molecule has 1 aromatic heterocycles. The molecule has 0 aliphatic rings. The van der Waals surface area contributed by atoms with Gasteiger partial charge in [-0.2, -0.15) is 16.8 Å². The number of carbonyl (C=O) groups excluding carboxylic acids is 1. The van der Waals surface area contributed by atoms with E-state index in [-0.39, 0.29) is 5.91 Å². The molecule has 0 bridgehead atoms.